The molecule has 1 saturated heterocycles. The van der Waals surface area contributed by atoms with Crippen LogP contribution < -0.4 is 15.4 Å². The van der Waals surface area contributed by atoms with Gasteiger partial charge in [0.15, 0.2) is 0 Å². The molecule has 30 heavy (non-hydrogen) atoms. The van der Waals surface area contributed by atoms with E-state index in [1.165, 1.54) is 37.9 Å². The van der Waals surface area contributed by atoms with Crippen LogP contribution in [0.25, 0.3) is 0 Å². The molecule has 5 heteroatoms. The van der Waals surface area contributed by atoms with Crippen LogP contribution in [0.2, 0.25) is 0 Å². The van der Waals surface area contributed by atoms with Crippen molar-refractivity contribution in [1.29, 1.82) is 0 Å². The summed E-state index contributed by atoms with van der Waals surface area (Å²) >= 11 is 0. The van der Waals surface area contributed by atoms with Crippen molar-refractivity contribution in [3.05, 3.63) is 65.7 Å². The summed E-state index contributed by atoms with van der Waals surface area (Å²) in [4.78, 5) is 14.7. The van der Waals surface area contributed by atoms with Crippen LogP contribution >= 0.6 is 0 Å². The normalized spacial score (nSPS) is 19.5. The van der Waals surface area contributed by atoms with Crippen LogP contribution in [0.5, 0.6) is 5.75 Å². The van der Waals surface area contributed by atoms with Gasteiger partial charge in [-0.15, -0.1) is 0 Å². The van der Waals surface area contributed by atoms with Crippen LogP contribution in [0.1, 0.15) is 30.4 Å². The lowest BCUT2D eigenvalue weighted by Gasteiger charge is -2.32. The molecule has 1 fully saturated rings. The smallest absolute Gasteiger partial charge is 0.315 e. The fourth-order valence-corrected chi connectivity index (χ4v) is 4.52. The second-order valence-electron chi connectivity index (χ2n) is 8.55. The molecule has 2 aromatic carbocycles. The molecule has 2 aliphatic rings. The number of rotatable bonds is 7. The summed E-state index contributed by atoms with van der Waals surface area (Å²) in [5.74, 6) is 1.74. The number of amides is 2. The maximum absolute atomic E-state index is 12.2. The third kappa shape index (κ3) is 5.99. The Morgan fingerprint density at radius 1 is 1.03 bits per heavy atom. The number of ether oxygens (including phenoxy) is 1. The molecule has 0 bridgehead atoms. The van der Waals surface area contributed by atoms with Crippen LogP contribution in [0.15, 0.2) is 54.6 Å². The van der Waals surface area contributed by atoms with E-state index in [4.69, 9.17) is 4.74 Å². The van der Waals surface area contributed by atoms with E-state index in [0.29, 0.717) is 13.2 Å². The molecule has 5 nitrogen and oxygen atoms in total. The fourth-order valence-electron chi connectivity index (χ4n) is 4.52. The lowest BCUT2D eigenvalue weighted by Crippen LogP contribution is -2.47. The lowest BCUT2D eigenvalue weighted by molar-refractivity contribution is 0.181. The van der Waals surface area contributed by atoms with E-state index in [2.05, 4.69) is 51.9 Å². The topological polar surface area (TPSA) is 53.6 Å². The van der Waals surface area contributed by atoms with Crippen molar-refractivity contribution in [2.75, 3.05) is 32.8 Å². The number of para-hydroxylation sites is 1. The van der Waals surface area contributed by atoms with Crippen molar-refractivity contribution >= 4 is 6.03 Å². The Kier molecular flexibility index (Phi) is 7.25. The second kappa shape index (κ2) is 10.5. The average Bonchev–Trinajstić information content (AvgIpc) is 2.78. The number of nitrogens with one attached hydrogen (secondary N) is 2. The Balaban J connectivity index is 1.08. The molecular formula is C25H33N3O2. The van der Waals surface area contributed by atoms with Gasteiger partial charge in [-0.1, -0.05) is 48.5 Å². The number of carbonyl (C=O) groups is 1. The van der Waals surface area contributed by atoms with Crippen molar-refractivity contribution < 1.29 is 9.53 Å². The molecule has 0 saturated carbocycles. The minimum Gasteiger partial charge on any atom is -0.491 e. The minimum absolute atomic E-state index is 0.0311. The van der Waals surface area contributed by atoms with Gasteiger partial charge >= 0.3 is 6.03 Å². The molecule has 0 aliphatic carbocycles. The van der Waals surface area contributed by atoms with Crippen LogP contribution in [0.4, 0.5) is 4.79 Å². The predicted octanol–water partition coefficient (Wildman–Crippen LogP) is 3.63. The van der Waals surface area contributed by atoms with Crippen molar-refractivity contribution in [3.8, 4) is 5.75 Å². The molecule has 2 N–H and O–H groups in total. The van der Waals surface area contributed by atoms with Gasteiger partial charge in [0.2, 0.25) is 0 Å². The highest BCUT2D eigenvalue weighted by Gasteiger charge is 2.21. The number of piperidine rings is 1. The van der Waals surface area contributed by atoms with Gasteiger partial charge in [-0.25, -0.2) is 4.79 Å². The Bertz CT molecular complexity index is 803. The first-order valence-electron chi connectivity index (χ1n) is 11.3. The molecule has 1 atom stereocenters. The minimum atomic E-state index is -0.0930. The quantitative estimate of drug-likeness (QED) is 0.689. The maximum atomic E-state index is 12.2. The summed E-state index contributed by atoms with van der Waals surface area (Å²) in [6.45, 7) is 4.63. The van der Waals surface area contributed by atoms with Crippen LogP contribution in [0.3, 0.4) is 0 Å². The van der Waals surface area contributed by atoms with Crippen molar-refractivity contribution in [1.82, 2.24) is 15.5 Å². The highest BCUT2D eigenvalue weighted by atomic mass is 16.5. The summed E-state index contributed by atoms with van der Waals surface area (Å²) in [6, 6.07) is 18.8. The van der Waals surface area contributed by atoms with Gasteiger partial charge in [0.1, 0.15) is 12.4 Å². The van der Waals surface area contributed by atoms with Gasteiger partial charge in [-0.2, -0.15) is 0 Å². The predicted molar refractivity (Wildman–Crippen MR) is 120 cm³/mol. The van der Waals surface area contributed by atoms with Gasteiger partial charge in [-0.3, -0.25) is 0 Å². The van der Waals surface area contributed by atoms with E-state index in [-0.39, 0.29) is 12.1 Å². The number of carbonyl (C=O) groups excluding carboxylic acids is 1. The molecule has 160 valence electrons. The Morgan fingerprint density at radius 3 is 2.63 bits per heavy atom. The first-order valence-corrected chi connectivity index (χ1v) is 11.3. The monoisotopic (exact) mass is 407 g/mol. The molecule has 4 rings (SSSR count). The molecule has 2 aliphatic heterocycles. The molecule has 2 amide bonds. The summed E-state index contributed by atoms with van der Waals surface area (Å²) in [5, 5.41) is 6.04. The summed E-state index contributed by atoms with van der Waals surface area (Å²) in [5.41, 5.74) is 2.61. The fraction of sp³-hybridized carbons (Fsp3) is 0.480. The molecule has 0 aromatic heterocycles. The van der Waals surface area contributed by atoms with Gasteiger partial charge in [0, 0.05) is 6.54 Å². The number of hydrogen-bond acceptors (Lipinski definition) is 3. The Morgan fingerprint density at radius 2 is 1.80 bits per heavy atom. The zero-order chi connectivity index (χ0) is 20.6. The maximum Gasteiger partial charge on any atom is 0.315 e. The number of hydrogen-bond donors (Lipinski definition) is 2. The number of nitrogens with zero attached hydrogens (tertiary/aromatic N) is 1. The Hall–Kier alpha value is -2.53. The van der Waals surface area contributed by atoms with Crippen LogP contribution in [-0.2, 0) is 12.8 Å². The van der Waals surface area contributed by atoms with Crippen LogP contribution in [-0.4, -0.2) is 49.8 Å². The summed E-state index contributed by atoms with van der Waals surface area (Å²) in [6.07, 6.45) is 5.55. The van der Waals surface area contributed by atoms with Crippen LogP contribution in [0, 0.1) is 5.92 Å². The molecule has 0 radical (unpaired) electrons. The number of fused-ring (bicyclic) bond motifs is 1. The van der Waals surface area contributed by atoms with Gasteiger partial charge in [-0.05, 0) is 74.8 Å². The van der Waals surface area contributed by atoms with E-state index >= 15 is 0 Å². The van der Waals surface area contributed by atoms with Crippen molar-refractivity contribution in [3.63, 3.8) is 0 Å². The highest BCUT2D eigenvalue weighted by molar-refractivity contribution is 5.74. The van der Waals surface area contributed by atoms with Crippen molar-refractivity contribution in [2.24, 2.45) is 5.92 Å². The number of urea groups is 1. The first kappa shape index (κ1) is 20.7. The van der Waals surface area contributed by atoms with Gasteiger partial charge < -0.3 is 20.3 Å². The van der Waals surface area contributed by atoms with E-state index < -0.39 is 0 Å². The zero-order valence-electron chi connectivity index (χ0n) is 17.7. The average molecular weight is 408 g/mol. The van der Waals surface area contributed by atoms with E-state index in [1.54, 1.807) is 0 Å². The standard InChI is InChI=1S/C25H33N3O2/c29-25(27-23-18-22-9-4-5-10-24(22)30-19-23)26-13-6-14-28-15-11-21(12-16-28)17-20-7-2-1-3-8-20/h1-5,7-10,21,23H,6,11-19H2,(H2,26,27,29). The molecule has 2 aromatic rings. The van der Waals surface area contributed by atoms with Gasteiger partial charge in [0.25, 0.3) is 0 Å². The third-order valence-corrected chi connectivity index (χ3v) is 6.23. The van der Waals surface area contributed by atoms with E-state index in [9.17, 15) is 4.79 Å². The Labute approximate surface area is 179 Å². The molecule has 1 unspecified atom stereocenters. The summed E-state index contributed by atoms with van der Waals surface area (Å²) in [7, 11) is 0. The molecule has 0 spiro atoms. The largest absolute Gasteiger partial charge is 0.491 e. The second-order valence-corrected chi connectivity index (χ2v) is 8.55. The molecular weight excluding hydrogens is 374 g/mol. The summed E-state index contributed by atoms with van der Waals surface area (Å²) < 4.78 is 5.74. The van der Waals surface area contributed by atoms with Gasteiger partial charge in [0.05, 0.1) is 6.04 Å². The van der Waals surface area contributed by atoms with Crippen molar-refractivity contribution in [2.45, 2.75) is 38.1 Å². The third-order valence-electron chi connectivity index (χ3n) is 6.23. The SMILES string of the molecule is O=C(NCCCN1CCC(Cc2ccccc2)CC1)NC1COc2ccccc2C1. The lowest BCUT2D eigenvalue weighted by atomic mass is 9.90. The number of benzene rings is 2. The zero-order valence-corrected chi connectivity index (χ0v) is 17.7. The number of likely N-dealkylation sites (tertiary alicyclic amines) is 1. The first-order chi connectivity index (χ1) is 14.8. The highest BCUT2D eigenvalue weighted by Crippen LogP contribution is 2.24. The van der Waals surface area contributed by atoms with E-state index in [1.807, 2.05) is 18.2 Å². The van der Waals surface area contributed by atoms with E-state index in [0.717, 1.165) is 36.6 Å². The molecule has 2 heterocycles.